The molecule has 1 rings (SSSR count). The van der Waals surface area contributed by atoms with Gasteiger partial charge in [0.25, 0.3) is 0 Å². The Labute approximate surface area is 87.4 Å². The lowest BCUT2D eigenvalue weighted by Gasteiger charge is -2.29. The van der Waals surface area contributed by atoms with Gasteiger partial charge in [-0.3, -0.25) is 0 Å². The molecule has 0 saturated carbocycles. The summed E-state index contributed by atoms with van der Waals surface area (Å²) in [4.78, 5) is 2.33. The number of hydrogen-bond donors (Lipinski definition) is 0. The third-order valence-corrected chi connectivity index (χ3v) is 2.92. The molecule has 0 bridgehead atoms. The Balaban J connectivity index is 2.14. The first-order chi connectivity index (χ1) is 5.86. The molecule has 1 aliphatic heterocycles. The molecule has 0 radical (unpaired) electrons. The van der Waals surface area contributed by atoms with Crippen LogP contribution in [0.1, 0.15) is 19.3 Å². The predicted molar refractivity (Wildman–Crippen MR) is 54.8 cm³/mol. The van der Waals surface area contributed by atoms with Gasteiger partial charge in [0.15, 0.2) is 0 Å². The minimum Gasteiger partial charge on any atom is -0.312 e. The Hall–Kier alpha value is 0.140. The summed E-state index contributed by atoms with van der Waals surface area (Å²) in [6, 6.07) is 2.17. The zero-order chi connectivity index (χ0) is 8.81. The van der Waals surface area contributed by atoms with Crippen LogP contribution in [-0.2, 0) is 3.07 Å². The summed E-state index contributed by atoms with van der Waals surface area (Å²) in [5.74, 6) is 0. The molecule has 1 saturated heterocycles. The number of nitriles is 1. The maximum atomic E-state index is 8.39. The van der Waals surface area contributed by atoms with Gasteiger partial charge in [-0.2, -0.15) is 5.26 Å². The largest absolute Gasteiger partial charge is 0.312 e. The fraction of sp³-hybridized carbons (Fsp3) is 0.875. The van der Waals surface area contributed by atoms with Crippen LogP contribution in [0.25, 0.3) is 0 Å². The van der Waals surface area contributed by atoms with Crippen molar-refractivity contribution in [2.24, 2.45) is 0 Å². The Morgan fingerprint density at radius 1 is 1.50 bits per heavy atom. The van der Waals surface area contributed by atoms with Crippen molar-refractivity contribution in [2.45, 2.75) is 25.4 Å². The lowest BCUT2D eigenvalue weighted by molar-refractivity contribution is 0.135. The van der Waals surface area contributed by atoms with Crippen LogP contribution in [0.5, 0.6) is 0 Å². The summed E-state index contributed by atoms with van der Waals surface area (Å²) in [6.45, 7) is 3.08. The molecule has 0 atom stereocenters. The monoisotopic (exact) mass is 280 g/mol. The zero-order valence-corrected chi connectivity index (χ0v) is 9.16. The first-order valence-corrected chi connectivity index (χ1v) is 5.11. The smallest absolute Gasteiger partial charge is 0.110 e. The number of nitrogens with zero attached hydrogens (tertiary/aromatic N) is 2. The van der Waals surface area contributed by atoms with E-state index in [-0.39, 0.29) is 0 Å². The average Bonchev–Trinajstić information content (AvgIpc) is 2.15. The van der Waals surface area contributed by atoms with Gasteiger partial charge in [-0.05, 0) is 12.8 Å². The molecule has 0 N–H and O–H groups in total. The number of hydrogen-bond acceptors (Lipinski definition) is 3. The van der Waals surface area contributed by atoms with Gasteiger partial charge in [-0.25, -0.2) is 0 Å². The highest BCUT2D eigenvalue weighted by Crippen LogP contribution is 2.15. The number of halogens is 1. The second-order valence-corrected chi connectivity index (χ2v) is 3.55. The first kappa shape index (κ1) is 10.2. The van der Waals surface area contributed by atoms with Crippen molar-refractivity contribution < 1.29 is 3.07 Å². The Bertz CT molecular complexity index is 161. The molecule has 0 amide bonds. The first-order valence-electron chi connectivity index (χ1n) is 4.23. The predicted octanol–water partition coefficient (Wildman–Crippen LogP) is 1.73. The summed E-state index contributed by atoms with van der Waals surface area (Å²) in [7, 11) is 0. The van der Waals surface area contributed by atoms with Crippen LogP contribution in [0, 0.1) is 11.3 Å². The van der Waals surface area contributed by atoms with Crippen LogP contribution < -0.4 is 0 Å². The normalized spacial score (nSPS) is 20.7. The quantitative estimate of drug-likeness (QED) is 0.739. The van der Waals surface area contributed by atoms with Crippen LogP contribution in [0.4, 0.5) is 0 Å². The topological polar surface area (TPSA) is 36.3 Å². The number of piperidine rings is 1. The lowest BCUT2D eigenvalue weighted by atomic mass is 10.1. The van der Waals surface area contributed by atoms with Gasteiger partial charge in [0.2, 0.25) is 0 Å². The van der Waals surface area contributed by atoms with Gasteiger partial charge in [0, 0.05) is 26.1 Å². The molecule has 0 aliphatic carbocycles. The SMILES string of the molecule is N#CCCN1CCC(OI)CC1. The van der Waals surface area contributed by atoms with E-state index >= 15 is 0 Å². The van der Waals surface area contributed by atoms with Crippen molar-refractivity contribution in [3.63, 3.8) is 0 Å². The van der Waals surface area contributed by atoms with E-state index < -0.39 is 0 Å². The highest BCUT2D eigenvalue weighted by atomic mass is 127. The van der Waals surface area contributed by atoms with E-state index in [1.54, 1.807) is 0 Å². The molecule has 0 aromatic heterocycles. The van der Waals surface area contributed by atoms with Crippen molar-refractivity contribution in [3.05, 3.63) is 0 Å². The lowest BCUT2D eigenvalue weighted by Crippen LogP contribution is -2.36. The standard InChI is InChI=1S/C8H13IN2O/c9-12-8-2-6-11(7-3-8)5-1-4-10/h8H,1-3,5-7H2. The Morgan fingerprint density at radius 3 is 2.67 bits per heavy atom. The molecule has 12 heavy (non-hydrogen) atoms. The average molecular weight is 280 g/mol. The van der Waals surface area contributed by atoms with Crippen molar-refractivity contribution in [1.29, 1.82) is 5.26 Å². The van der Waals surface area contributed by atoms with E-state index in [4.69, 9.17) is 8.33 Å². The molecule has 0 aromatic carbocycles. The Kier molecular flexibility index (Phi) is 4.88. The van der Waals surface area contributed by atoms with E-state index in [1.807, 2.05) is 23.0 Å². The third-order valence-electron chi connectivity index (χ3n) is 2.20. The zero-order valence-electron chi connectivity index (χ0n) is 7.00. The molecule has 1 heterocycles. The summed E-state index contributed by atoms with van der Waals surface area (Å²) >= 11 is 1.97. The van der Waals surface area contributed by atoms with Gasteiger partial charge in [0.1, 0.15) is 23.0 Å². The van der Waals surface area contributed by atoms with E-state index in [9.17, 15) is 0 Å². The molecule has 4 heteroatoms. The van der Waals surface area contributed by atoms with E-state index in [0.29, 0.717) is 12.5 Å². The van der Waals surface area contributed by atoms with Gasteiger partial charge in [-0.1, -0.05) is 0 Å². The van der Waals surface area contributed by atoms with Crippen LogP contribution in [-0.4, -0.2) is 30.6 Å². The summed E-state index contributed by atoms with van der Waals surface area (Å²) in [5, 5.41) is 8.39. The fourth-order valence-electron chi connectivity index (χ4n) is 1.43. The van der Waals surface area contributed by atoms with Crippen molar-refractivity contribution in [3.8, 4) is 6.07 Å². The maximum absolute atomic E-state index is 8.39. The molecule has 0 spiro atoms. The molecule has 1 fully saturated rings. The van der Waals surface area contributed by atoms with E-state index in [1.165, 1.54) is 0 Å². The van der Waals surface area contributed by atoms with Gasteiger partial charge in [0.05, 0.1) is 12.2 Å². The van der Waals surface area contributed by atoms with E-state index in [0.717, 1.165) is 32.5 Å². The van der Waals surface area contributed by atoms with Gasteiger partial charge < -0.3 is 7.97 Å². The van der Waals surface area contributed by atoms with Crippen molar-refractivity contribution in [2.75, 3.05) is 19.6 Å². The minimum absolute atomic E-state index is 0.434. The molecular weight excluding hydrogens is 267 g/mol. The van der Waals surface area contributed by atoms with Gasteiger partial charge in [-0.15, -0.1) is 0 Å². The fourth-order valence-corrected chi connectivity index (χ4v) is 1.94. The second kappa shape index (κ2) is 5.73. The number of likely N-dealkylation sites (tertiary alicyclic amines) is 1. The number of rotatable bonds is 3. The second-order valence-electron chi connectivity index (χ2n) is 3.04. The molecule has 0 unspecified atom stereocenters. The Morgan fingerprint density at radius 2 is 2.17 bits per heavy atom. The molecular formula is C8H13IN2O. The third kappa shape index (κ3) is 3.25. The van der Waals surface area contributed by atoms with Crippen LogP contribution in [0.3, 0.4) is 0 Å². The van der Waals surface area contributed by atoms with Crippen LogP contribution >= 0.6 is 23.0 Å². The molecule has 1 aliphatic rings. The van der Waals surface area contributed by atoms with Crippen molar-refractivity contribution >= 4 is 23.0 Å². The highest BCUT2D eigenvalue weighted by molar-refractivity contribution is 14.1. The minimum atomic E-state index is 0.434. The molecule has 3 nitrogen and oxygen atoms in total. The van der Waals surface area contributed by atoms with Crippen LogP contribution in [0.2, 0.25) is 0 Å². The summed E-state index contributed by atoms with van der Waals surface area (Å²) < 4.78 is 5.22. The summed E-state index contributed by atoms with van der Waals surface area (Å²) in [5.41, 5.74) is 0. The van der Waals surface area contributed by atoms with Gasteiger partial charge >= 0.3 is 0 Å². The molecule has 0 aromatic rings. The highest BCUT2D eigenvalue weighted by Gasteiger charge is 2.18. The van der Waals surface area contributed by atoms with E-state index in [2.05, 4.69) is 11.0 Å². The van der Waals surface area contributed by atoms with Crippen LogP contribution in [0.15, 0.2) is 0 Å². The maximum Gasteiger partial charge on any atom is 0.110 e. The summed E-state index contributed by atoms with van der Waals surface area (Å²) in [6.07, 6.45) is 3.29. The molecule has 68 valence electrons. The van der Waals surface area contributed by atoms with Crippen molar-refractivity contribution in [1.82, 2.24) is 4.90 Å².